The van der Waals surface area contributed by atoms with E-state index in [4.69, 9.17) is 4.74 Å². The molecule has 0 saturated heterocycles. The van der Waals surface area contributed by atoms with E-state index in [0.29, 0.717) is 6.04 Å². The van der Waals surface area contributed by atoms with Crippen molar-refractivity contribution in [3.8, 4) is 0 Å². The summed E-state index contributed by atoms with van der Waals surface area (Å²) >= 11 is 0. The van der Waals surface area contributed by atoms with E-state index in [1.54, 1.807) is 7.11 Å². The van der Waals surface area contributed by atoms with Crippen molar-refractivity contribution in [2.24, 2.45) is 0 Å². The molecule has 0 bridgehead atoms. The van der Waals surface area contributed by atoms with Gasteiger partial charge < -0.3 is 10.1 Å². The maximum atomic E-state index is 5.09. The topological polar surface area (TPSA) is 24.5 Å². The van der Waals surface area contributed by atoms with Crippen molar-refractivity contribution in [1.82, 2.24) is 10.2 Å². The monoisotopic (exact) mass is 202 g/mol. The summed E-state index contributed by atoms with van der Waals surface area (Å²) in [4.78, 5) is 2.44. The summed E-state index contributed by atoms with van der Waals surface area (Å²) in [6, 6.07) is 0.599. The van der Waals surface area contributed by atoms with E-state index in [-0.39, 0.29) is 0 Å². The molecule has 0 aliphatic carbocycles. The molecule has 0 aromatic carbocycles. The van der Waals surface area contributed by atoms with Crippen LogP contribution in [0.4, 0.5) is 0 Å². The summed E-state index contributed by atoms with van der Waals surface area (Å²) in [5, 5.41) is 3.44. The fraction of sp³-hybridized carbons (Fsp3) is 1.00. The lowest BCUT2D eigenvalue weighted by molar-refractivity contribution is 0.128. The Morgan fingerprint density at radius 1 is 1.36 bits per heavy atom. The quantitative estimate of drug-likeness (QED) is 0.571. The summed E-state index contributed by atoms with van der Waals surface area (Å²) < 4.78 is 5.09. The van der Waals surface area contributed by atoms with Crippen LogP contribution in [0.25, 0.3) is 0 Å². The van der Waals surface area contributed by atoms with E-state index >= 15 is 0 Å². The van der Waals surface area contributed by atoms with E-state index in [1.165, 1.54) is 6.42 Å². The molecular weight excluding hydrogens is 176 g/mol. The molecule has 0 spiro atoms. The Bertz CT molecular complexity index is 120. The molecule has 14 heavy (non-hydrogen) atoms. The fourth-order valence-corrected chi connectivity index (χ4v) is 1.52. The summed E-state index contributed by atoms with van der Waals surface area (Å²) in [6.45, 7) is 11.8. The molecule has 0 radical (unpaired) electrons. The van der Waals surface area contributed by atoms with Gasteiger partial charge in [0, 0.05) is 26.2 Å². The second kappa shape index (κ2) is 9.44. The van der Waals surface area contributed by atoms with E-state index < -0.39 is 0 Å². The van der Waals surface area contributed by atoms with Gasteiger partial charge in [0.05, 0.1) is 6.61 Å². The lowest BCUT2D eigenvalue weighted by atomic mass is 10.2. The summed E-state index contributed by atoms with van der Waals surface area (Å²) in [5.41, 5.74) is 0. The van der Waals surface area contributed by atoms with Crippen LogP contribution in [0.2, 0.25) is 0 Å². The molecule has 0 amide bonds. The molecule has 0 heterocycles. The van der Waals surface area contributed by atoms with E-state index in [2.05, 4.69) is 31.0 Å². The van der Waals surface area contributed by atoms with Gasteiger partial charge >= 0.3 is 0 Å². The zero-order valence-electron chi connectivity index (χ0n) is 10.2. The predicted octanol–water partition coefficient (Wildman–Crippen LogP) is 1.34. The van der Waals surface area contributed by atoms with Crippen LogP contribution in [0.5, 0.6) is 0 Å². The van der Waals surface area contributed by atoms with Crippen LogP contribution in [-0.4, -0.2) is 50.8 Å². The smallest absolute Gasteiger partial charge is 0.0589 e. The highest BCUT2D eigenvalue weighted by atomic mass is 16.5. The third kappa shape index (κ3) is 6.35. The zero-order chi connectivity index (χ0) is 10.8. The largest absolute Gasteiger partial charge is 0.383 e. The molecule has 1 unspecified atom stereocenters. The standard InChI is InChI=1S/C11H26N2O/c1-5-7-12-10-11(3)13(6-2)8-9-14-4/h11-12H,5-10H2,1-4H3. The van der Waals surface area contributed by atoms with Crippen molar-refractivity contribution in [2.45, 2.75) is 33.2 Å². The maximum absolute atomic E-state index is 5.09. The number of methoxy groups -OCH3 is 1. The number of likely N-dealkylation sites (N-methyl/N-ethyl adjacent to an activating group) is 1. The van der Waals surface area contributed by atoms with Crippen molar-refractivity contribution in [3.63, 3.8) is 0 Å². The number of nitrogens with zero attached hydrogens (tertiary/aromatic N) is 1. The average Bonchev–Trinajstić information content (AvgIpc) is 2.19. The van der Waals surface area contributed by atoms with Gasteiger partial charge in [-0.05, 0) is 26.4 Å². The number of ether oxygens (including phenoxy) is 1. The average molecular weight is 202 g/mol. The Labute approximate surface area is 88.8 Å². The molecule has 0 saturated carbocycles. The molecule has 3 heteroatoms. The molecule has 0 aliphatic heterocycles. The lowest BCUT2D eigenvalue weighted by Gasteiger charge is -2.27. The molecule has 1 atom stereocenters. The first kappa shape index (κ1) is 13.9. The van der Waals surface area contributed by atoms with E-state index in [1.807, 2.05) is 0 Å². The highest BCUT2D eigenvalue weighted by Gasteiger charge is 2.10. The number of hydrogen-bond donors (Lipinski definition) is 1. The Morgan fingerprint density at radius 3 is 2.57 bits per heavy atom. The second-order valence-electron chi connectivity index (χ2n) is 3.67. The number of nitrogens with one attached hydrogen (secondary N) is 1. The minimum absolute atomic E-state index is 0.599. The van der Waals surface area contributed by atoms with Crippen molar-refractivity contribution >= 4 is 0 Å². The second-order valence-corrected chi connectivity index (χ2v) is 3.67. The molecular formula is C11H26N2O. The van der Waals surface area contributed by atoms with Gasteiger partial charge in [-0.15, -0.1) is 0 Å². The number of hydrogen-bond acceptors (Lipinski definition) is 3. The minimum atomic E-state index is 0.599. The molecule has 0 rings (SSSR count). The van der Waals surface area contributed by atoms with Gasteiger partial charge in [-0.1, -0.05) is 13.8 Å². The van der Waals surface area contributed by atoms with Crippen molar-refractivity contribution in [3.05, 3.63) is 0 Å². The normalized spacial score (nSPS) is 13.5. The first-order chi connectivity index (χ1) is 6.76. The summed E-state index contributed by atoms with van der Waals surface area (Å²) in [7, 11) is 1.76. The van der Waals surface area contributed by atoms with Crippen LogP contribution in [0.15, 0.2) is 0 Å². The summed E-state index contributed by atoms with van der Waals surface area (Å²) in [6.07, 6.45) is 1.21. The van der Waals surface area contributed by atoms with E-state index in [9.17, 15) is 0 Å². The zero-order valence-corrected chi connectivity index (χ0v) is 10.2. The third-order valence-corrected chi connectivity index (χ3v) is 2.48. The Kier molecular flexibility index (Phi) is 9.35. The van der Waals surface area contributed by atoms with Crippen LogP contribution in [0.1, 0.15) is 27.2 Å². The Hall–Kier alpha value is -0.120. The van der Waals surface area contributed by atoms with Gasteiger partial charge in [-0.3, -0.25) is 4.90 Å². The van der Waals surface area contributed by atoms with Crippen molar-refractivity contribution in [2.75, 3.05) is 39.9 Å². The molecule has 0 aromatic rings. The maximum Gasteiger partial charge on any atom is 0.0589 e. The summed E-state index contributed by atoms with van der Waals surface area (Å²) in [5.74, 6) is 0. The minimum Gasteiger partial charge on any atom is -0.383 e. The lowest BCUT2D eigenvalue weighted by Crippen LogP contribution is -2.42. The molecule has 3 nitrogen and oxygen atoms in total. The molecule has 0 aromatic heterocycles. The van der Waals surface area contributed by atoms with Gasteiger partial charge in [0.1, 0.15) is 0 Å². The predicted molar refractivity (Wildman–Crippen MR) is 61.7 cm³/mol. The molecule has 0 aliphatic rings. The van der Waals surface area contributed by atoms with Crippen molar-refractivity contribution < 1.29 is 4.74 Å². The Morgan fingerprint density at radius 2 is 2.07 bits per heavy atom. The van der Waals surface area contributed by atoms with Gasteiger partial charge in [-0.2, -0.15) is 0 Å². The van der Waals surface area contributed by atoms with Crippen LogP contribution in [-0.2, 0) is 4.74 Å². The molecule has 86 valence electrons. The molecule has 1 N–H and O–H groups in total. The van der Waals surface area contributed by atoms with Gasteiger partial charge in [0.2, 0.25) is 0 Å². The third-order valence-electron chi connectivity index (χ3n) is 2.48. The van der Waals surface area contributed by atoms with E-state index in [0.717, 1.165) is 32.8 Å². The van der Waals surface area contributed by atoms with Gasteiger partial charge in [-0.25, -0.2) is 0 Å². The van der Waals surface area contributed by atoms with Crippen LogP contribution < -0.4 is 5.32 Å². The fourth-order valence-electron chi connectivity index (χ4n) is 1.52. The first-order valence-electron chi connectivity index (χ1n) is 5.69. The first-order valence-corrected chi connectivity index (χ1v) is 5.69. The Balaban J connectivity index is 3.61. The van der Waals surface area contributed by atoms with Gasteiger partial charge in [0.15, 0.2) is 0 Å². The SMILES string of the molecule is CCCNCC(C)N(CC)CCOC. The van der Waals surface area contributed by atoms with Crippen molar-refractivity contribution in [1.29, 1.82) is 0 Å². The molecule has 0 fully saturated rings. The highest BCUT2D eigenvalue weighted by Crippen LogP contribution is 1.97. The van der Waals surface area contributed by atoms with Crippen LogP contribution in [0, 0.1) is 0 Å². The van der Waals surface area contributed by atoms with Gasteiger partial charge in [0.25, 0.3) is 0 Å². The van der Waals surface area contributed by atoms with Crippen LogP contribution in [0.3, 0.4) is 0 Å². The highest BCUT2D eigenvalue weighted by molar-refractivity contribution is 4.68. The number of rotatable bonds is 9. The van der Waals surface area contributed by atoms with Crippen LogP contribution >= 0.6 is 0 Å².